The molecule has 0 aromatic rings. The fraction of sp³-hybridized carbons (Fsp3) is 0.933. The summed E-state index contributed by atoms with van der Waals surface area (Å²) in [5.41, 5.74) is 0. The largest absolute Gasteiger partial charge is 0.382 e. The summed E-state index contributed by atoms with van der Waals surface area (Å²) in [7, 11) is 1.67. The van der Waals surface area contributed by atoms with Crippen molar-refractivity contribution in [2.75, 3.05) is 46.5 Å². The molecule has 2 fully saturated rings. The van der Waals surface area contributed by atoms with Gasteiger partial charge in [0.25, 0.3) is 0 Å². The molecule has 3 unspecified atom stereocenters. The number of hydrogen-bond acceptors (Lipinski definition) is 4. The molecule has 2 aliphatic rings. The van der Waals surface area contributed by atoms with Gasteiger partial charge in [-0.15, -0.1) is 12.4 Å². The quantitative estimate of drug-likeness (QED) is 0.830. The van der Waals surface area contributed by atoms with Crippen LogP contribution in [0.4, 0.5) is 0 Å². The Labute approximate surface area is 134 Å². The molecule has 0 spiro atoms. The Morgan fingerprint density at radius 3 is 3.00 bits per heavy atom. The molecule has 1 N–H and O–H groups in total. The lowest BCUT2D eigenvalue weighted by Crippen LogP contribution is -2.47. The van der Waals surface area contributed by atoms with Gasteiger partial charge in [-0.25, -0.2) is 0 Å². The normalized spacial score (nSPS) is 27.8. The fourth-order valence-corrected chi connectivity index (χ4v) is 3.17. The van der Waals surface area contributed by atoms with Crippen LogP contribution in [-0.2, 0) is 14.3 Å². The first-order chi connectivity index (χ1) is 9.70. The van der Waals surface area contributed by atoms with E-state index in [1.54, 1.807) is 7.11 Å². The van der Waals surface area contributed by atoms with Crippen LogP contribution in [0.1, 0.15) is 26.2 Å². The Morgan fingerprint density at radius 1 is 1.52 bits per heavy atom. The van der Waals surface area contributed by atoms with Crippen molar-refractivity contribution in [3.05, 3.63) is 0 Å². The van der Waals surface area contributed by atoms with Crippen molar-refractivity contribution in [1.82, 2.24) is 10.2 Å². The maximum Gasteiger partial charge on any atom is 0.223 e. The molecule has 2 heterocycles. The summed E-state index contributed by atoms with van der Waals surface area (Å²) >= 11 is 0. The van der Waals surface area contributed by atoms with E-state index < -0.39 is 0 Å². The molecule has 6 heteroatoms. The second-order valence-corrected chi connectivity index (χ2v) is 6.08. The molecule has 0 aliphatic carbocycles. The zero-order chi connectivity index (χ0) is 14.4. The standard InChI is InChI=1S/C15H28N2O3.ClH/c1-12(13-4-3-5-16-9-13)8-15(18)17-6-7-20-14(10-17)11-19-2;/h12-14,16H,3-11H2,1-2H3;1H. The van der Waals surface area contributed by atoms with E-state index in [0.717, 1.165) is 13.1 Å². The molecule has 0 bridgehead atoms. The van der Waals surface area contributed by atoms with Crippen LogP contribution in [0.2, 0.25) is 0 Å². The van der Waals surface area contributed by atoms with Gasteiger partial charge in [0.2, 0.25) is 5.91 Å². The third kappa shape index (κ3) is 5.74. The number of carbonyl (C=O) groups excluding carboxylic acids is 1. The second-order valence-electron chi connectivity index (χ2n) is 6.08. The first-order valence-electron chi connectivity index (χ1n) is 7.79. The maximum absolute atomic E-state index is 12.4. The van der Waals surface area contributed by atoms with Gasteiger partial charge >= 0.3 is 0 Å². The predicted molar refractivity (Wildman–Crippen MR) is 84.8 cm³/mol. The number of halogens is 1. The molecule has 2 rings (SSSR count). The number of methoxy groups -OCH3 is 1. The minimum Gasteiger partial charge on any atom is -0.382 e. The van der Waals surface area contributed by atoms with Gasteiger partial charge in [0, 0.05) is 26.6 Å². The highest BCUT2D eigenvalue weighted by Gasteiger charge is 2.27. The lowest BCUT2D eigenvalue weighted by molar-refractivity contribution is -0.142. The first-order valence-corrected chi connectivity index (χ1v) is 7.79. The van der Waals surface area contributed by atoms with E-state index in [2.05, 4.69) is 12.2 Å². The van der Waals surface area contributed by atoms with Crippen LogP contribution in [0.5, 0.6) is 0 Å². The Balaban J connectivity index is 0.00000220. The molecule has 0 saturated carbocycles. The van der Waals surface area contributed by atoms with Crippen LogP contribution in [0.25, 0.3) is 0 Å². The molecule has 3 atom stereocenters. The van der Waals surface area contributed by atoms with Crippen LogP contribution in [0, 0.1) is 11.8 Å². The number of carbonyl (C=O) groups is 1. The minimum atomic E-state index is 0. The zero-order valence-corrected chi connectivity index (χ0v) is 14.0. The molecular formula is C15H29ClN2O3. The smallest absolute Gasteiger partial charge is 0.223 e. The van der Waals surface area contributed by atoms with Crippen LogP contribution in [-0.4, -0.2) is 63.4 Å². The van der Waals surface area contributed by atoms with Gasteiger partial charge in [-0.05, 0) is 37.8 Å². The number of hydrogen-bond donors (Lipinski definition) is 1. The van der Waals surface area contributed by atoms with Crippen LogP contribution < -0.4 is 5.32 Å². The molecule has 124 valence electrons. The molecule has 0 radical (unpaired) electrons. The summed E-state index contributed by atoms with van der Waals surface area (Å²) in [6.07, 6.45) is 3.17. The SMILES string of the molecule is COCC1CN(C(=O)CC(C)C2CCCNC2)CCO1.Cl. The molecule has 2 saturated heterocycles. The minimum absolute atomic E-state index is 0. The van der Waals surface area contributed by atoms with E-state index in [1.165, 1.54) is 12.8 Å². The lowest BCUT2D eigenvalue weighted by Gasteiger charge is -2.34. The monoisotopic (exact) mass is 320 g/mol. The van der Waals surface area contributed by atoms with E-state index in [0.29, 0.717) is 44.6 Å². The van der Waals surface area contributed by atoms with Gasteiger partial charge in [0.1, 0.15) is 0 Å². The van der Waals surface area contributed by atoms with Crippen LogP contribution >= 0.6 is 12.4 Å². The number of piperidine rings is 1. The summed E-state index contributed by atoms with van der Waals surface area (Å²) in [5.74, 6) is 1.37. The van der Waals surface area contributed by atoms with Gasteiger partial charge in [0.05, 0.1) is 19.3 Å². The van der Waals surface area contributed by atoms with Crippen molar-refractivity contribution in [1.29, 1.82) is 0 Å². The summed E-state index contributed by atoms with van der Waals surface area (Å²) in [5, 5.41) is 3.43. The van der Waals surface area contributed by atoms with E-state index in [-0.39, 0.29) is 24.4 Å². The van der Waals surface area contributed by atoms with E-state index >= 15 is 0 Å². The Hall–Kier alpha value is -0.360. The Bertz CT molecular complexity index is 309. The predicted octanol–water partition coefficient (Wildman–Crippen LogP) is 1.31. The van der Waals surface area contributed by atoms with Crippen molar-refractivity contribution < 1.29 is 14.3 Å². The van der Waals surface area contributed by atoms with Crippen LogP contribution in [0.15, 0.2) is 0 Å². The highest BCUT2D eigenvalue weighted by molar-refractivity contribution is 5.85. The topological polar surface area (TPSA) is 50.8 Å². The molecule has 2 aliphatic heterocycles. The number of morpholine rings is 1. The van der Waals surface area contributed by atoms with Crippen molar-refractivity contribution in [2.45, 2.75) is 32.3 Å². The number of rotatable bonds is 5. The van der Waals surface area contributed by atoms with E-state index in [4.69, 9.17) is 9.47 Å². The van der Waals surface area contributed by atoms with Gasteiger partial charge < -0.3 is 19.7 Å². The van der Waals surface area contributed by atoms with Crippen molar-refractivity contribution >= 4 is 18.3 Å². The van der Waals surface area contributed by atoms with Gasteiger partial charge in [-0.1, -0.05) is 6.92 Å². The van der Waals surface area contributed by atoms with E-state index in [9.17, 15) is 4.79 Å². The molecule has 5 nitrogen and oxygen atoms in total. The lowest BCUT2D eigenvalue weighted by atomic mass is 9.85. The third-order valence-corrected chi connectivity index (χ3v) is 4.48. The van der Waals surface area contributed by atoms with Crippen molar-refractivity contribution in [3.63, 3.8) is 0 Å². The Morgan fingerprint density at radius 2 is 2.33 bits per heavy atom. The van der Waals surface area contributed by atoms with E-state index in [1.807, 2.05) is 4.90 Å². The summed E-state index contributed by atoms with van der Waals surface area (Å²) < 4.78 is 10.7. The number of amides is 1. The van der Waals surface area contributed by atoms with Gasteiger partial charge in [0.15, 0.2) is 0 Å². The summed E-state index contributed by atoms with van der Waals surface area (Å²) in [4.78, 5) is 14.4. The average Bonchev–Trinajstić information content (AvgIpc) is 2.48. The Kier molecular flexibility index (Phi) is 8.56. The molecule has 21 heavy (non-hydrogen) atoms. The van der Waals surface area contributed by atoms with Gasteiger partial charge in [-0.2, -0.15) is 0 Å². The second kappa shape index (κ2) is 9.62. The summed E-state index contributed by atoms with van der Waals surface area (Å²) in [6.45, 7) is 6.97. The van der Waals surface area contributed by atoms with Crippen LogP contribution in [0.3, 0.4) is 0 Å². The van der Waals surface area contributed by atoms with Crippen molar-refractivity contribution in [3.8, 4) is 0 Å². The molecule has 1 amide bonds. The first kappa shape index (κ1) is 18.7. The molecule has 0 aromatic carbocycles. The third-order valence-electron chi connectivity index (χ3n) is 4.48. The summed E-state index contributed by atoms with van der Waals surface area (Å²) in [6, 6.07) is 0. The van der Waals surface area contributed by atoms with Crippen molar-refractivity contribution in [2.24, 2.45) is 11.8 Å². The fourth-order valence-electron chi connectivity index (χ4n) is 3.17. The number of nitrogens with zero attached hydrogens (tertiary/aromatic N) is 1. The number of ether oxygens (including phenoxy) is 2. The average molecular weight is 321 g/mol. The maximum atomic E-state index is 12.4. The number of nitrogens with one attached hydrogen (secondary N) is 1. The zero-order valence-electron chi connectivity index (χ0n) is 13.2. The van der Waals surface area contributed by atoms with Gasteiger partial charge in [-0.3, -0.25) is 4.79 Å². The highest BCUT2D eigenvalue weighted by Crippen LogP contribution is 2.23. The highest BCUT2D eigenvalue weighted by atomic mass is 35.5. The molecule has 0 aromatic heterocycles. The molecular weight excluding hydrogens is 292 g/mol.